The Labute approximate surface area is 133 Å². The molecule has 0 aliphatic carbocycles. The van der Waals surface area contributed by atoms with Crippen LogP contribution >= 0.6 is 11.8 Å². The molecular weight excluding hydrogens is 330 g/mol. The number of hydrogen-bond acceptors (Lipinski definition) is 4. The molecule has 0 radical (unpaired) electrons. The van der Waals surface area contributed by atoms with Gasteiger partial charge in [-0.2, -0.15) is 4.31 Å². The lowest BCUT2D eigenvalue weighted by Gasteiger charge is -2.31. The van der Waals surface area contributed by atoms with Crippen LogP contribution in [0.3, 0.4) is 0 Å². The molecule has 0 saturated carbocycles. The van der Waals surface area contributed by atoms with E-state index < -0.39 is 16.1 Å². The number of nitrogens with zero attached hydrogens (tertiary/aromatic N) is 1. The monoisotopic (exact) mass is 345 g/mol. The molecule has 0 aromatic heterocycles. The van der Waals surface area contributed by atoms with Crippen molar-refractivity contribution in [2.45, 2.75) is 29.9 Å². The molecule has 2 heterocycles. The average Bonchev–Trinajstić information content (AvgIpc) is 2.85. The summed E-state index contributed by atoms with van der Waals surface area (Å²) < 4.78 is 32.4. The van der Waals surface area contributed by atoms with Crippen LogP contribution < -0.4 is 10.2 Å². The first-order valence-corrected chi connectivity index (χ1v) is 8.74. The van der Waals surface area contributed by atoms with Crippen molar-refractivity contribution >= 4 is 33.5 Å². The van der Waals surface area contributed by atoms with E-state index in [0.717, 1.165) is 12.8 Å². The Morgan fingerprint density at radius 2 is 1.77 bits per heavy atom. The molecule has 2 saturated heterocycles. The number of halogens is 1. The summed E-state index contributed by atoms with van der Waals surface area (Å²) in [6.07, 6.45) is 1.82. The van der Waals surface area contributed by atoms with Crippen LogP contribution in [0.25, 0.3) is 0 Å². The SMILES string of the molecule is O=C(NCl)Nc1ccc(S(=O)(=O)N2CC3CCC(C2)O3)cc1. The van der Waals surface area contributed by atoms with Crippen LogP contribution in [-0.4, -0.2) is 44.1 Å². The van der Waals surface area contributed by atoms with Crippen molar-refractivity contribution in [2.75, 3.05) is 18.4 Å². The first-order valence-electron chi connectivity index (χ1n) is 6.92. The van der Waals surface area contributed by atoms with Crippen LogP contribution in [0.4, 0.5) is 10.5 Å². The van der Waals surface area contributed by atoms with Gasteiger partial charge in [-0.25, -0.2) is 18.0 Å². The highest BCUT2D eigenvalue weighted by Crippen LogP contribution is 2.30. The van der Waals surface area contributed by atoms with Crippen molar-refractivity contribution in [2.24, 2.45) is 0 Å². The molecule has 1 aromatic carbocycles. The largest absolute Gasteiger partial charge is 0.372 e. The van der Waals surface area contributed by atoms with E-state index in [2.05, 4.69) is 5.32 Å². The molecule has 1 aromatic rings. The lowest BCUT2D eigenvalue weighted by atomic mass is 10.2. The topological polar surface area (TPSA) is 87.7 Å². The van der Waals surface area contributed by atoms with Gasteiger partial charge in [-0.15, -0.1) is 0 Å². The van der Waals surface area contributed by atoms with Gasteiger partial charge in [0.15, 0.2) is 0 Å². The third-order valence-corrected chi connectivity index (χ3v) is 5.86. The molecule has 2 N–H and O–H groups in total. The van der Waals surface area contributed by atoms with E-state index in [4.69, 9.17) is 16.5 Å². The zero-order valence-corrected chi connectivity index (χ0v) is 13.2. The number of anilines is 1. The smallest absolute Gasteiger partial charge is 0.333 e. The molecule has 9 heteroatoms. The highest BCUT2D eigenvalue weighted by Gasteiger charge is 2.39. The summed E-state index contributed by atoms with van der Waals surface area (Å²) in [5.41, 5.74) is 0.458. The van der Waals surface area contributed by atoms with Crippen LogP contribution in [-0.2, 0) is 14.8 Å². The Hall–Kier alpha value is -1.35. The van der Waals surface area contributed by atoms with E-state index in [9.17, 15) is 13.2 Å². The van der Waals surface area contributed by atoms with Gasteiger partial charge >= 0.3 is 6.03 Å². The van der Waals surface area contributed by atoms with Gasteiger partial charge < -0.3 is 10.1 Å². The zero-order valence-electron chi connectivity index (χ0n) is 11.7. The Morgan fingerprint density at radius 3 is 2.32 bits per heavy atom. The van der Waals surface area contributed by atoms with E-state index in [-0.39, 0.29) is 17.1 Å². The number of carbonyl (C=O) groups is 1. The summed E-state index contributed by atoms with van der Waals surface area (Å²) in [5, 5.41) is 2.46. The molecule has 7 nitrogen and oxygen atoms in total. The van der Waals surface area contributed by atoms with Crippen molar-refractivity contribution in [1.82, 2.24) is 9.14 Å². The number of benzene rings is 1. The Bertz CT molecular complexity index is 652. The summed E-state index contributed by atoms with van der Waals surface area (Å²) in [7, 11) is -3.54. The minimum atomic E-state index is -3.54. The minimum absolute atomic E-state index is 0.00174. The van der Waals surface area contributed by atoms with Gasteiger partial charge in [-0.3, -0.25) is 0 Å². The van der Waals surface area contributed by atoms with Gasteiger partial charge in [0, 0.05) is 30.6 Å². The number of morpholine rings is 1. The third kappa shape index (κ3) is 3.05. The molecule has 2 amide bonds. The van der Waals surface area contributed by atoms with E-state index >= 15 is 0 Å². The summed E-state index contributed by atoms with van der Waals surface area (Å²) in [4.78, 5) is 13.2. The Morgan fingerprint density at radius 1 is 1.18 bits per heavy atom. The van der Waals surface area contributed by atoms with Crippen LogP contribution in [0.5, 0.6) is 0 Å². The maximum atomic E-state index is 12.6. The lowest BCUT2D eigenvalue weighted by molar-refractivity contribution is -0.0114. The van der Waals surface area contributed by atoms with Gasteiger partial charge in [0.25, 0.3) is 0 Å². The molecule has 2 aliphatic heterocycles. The molecule has 0 spiro atoms. The Kier molecular flexibility index (Phi) is 4.26. The second kappa shape index (κ2) is 6.04. The van der Waals surface area contributed by atoms with Gasteiger partial charge in [0.2, 0.25) is 10.0 Å². The highest BCUT2D eigenvalue weighted by molar-refractivity contribution is 7.89. The minimum Gasteiger partial charge on any atom is -0.372 e. The van der Waals surface area contributed by atoms with Crippen molar-refractivity contribution < 1.29 is 17.9 Å². The van der Waals surface area contributed by atoms with Crippen molar-refractivity contribution in [3.63, 3.8) is 0 Å². The van der Waals surface area contributed by atoms with Crippen LogP contribution in [0, 0.1) is 0 Å². The normalized spacial score (nSPS) is 25.0. The highest BCUT2D eigenvalue weighted by atomic mass is 35.5. The number of carbonyl (C=O) groups excluding carboxylic acids is 1. The predicted octanol–water partition coefficient (Wildman–Crippen LogP) is 1.51. The number of hydrogen-bond donors (Lipinski definition) is 2. The van der Waals surface area contributed by atoms with Crippen molar-refractivity contribution in [3.05, 3.63) is 24.3 Å². The molecule has 2 aliphatic rings. The molecule has 2 bridgehead atoms. The number of fused-ring (bicyclic) bond motifs is 2. The Balaban J connectivity index is 1.76. The number of rotatable bonds is 3. The van der Waals surface area contributed by atoms with E-state index in [1.54, 1.807) is 0 Å². The average molecular weight is 346 g/mol. The molecular formula is C13H16ClN3O4S. The number of ether oxygens (including phenoxy) is 1. The fourth-order valence-corrected chi connectivity index (χ4v) is 4.34. The zero-order chi connectivity index (χ0) is 15.7. The molecule has 22 heavy (non-hydrogen) atoms. The molecule has 2 unspecified atom stereocenters. The standard InChI is InChI=1S/C13H16ClN3O4S/c14-16-13(18)15-9-1-5-12(6-2-9)22(19,20)17-7-10-3-4-11(8-17)21-10/h1-2,5-6,10-11H,3-4,7-8H2,(H2,15,16,18). The quantitative estimate of drug-likeness (QED) is 0.813. The first kappa shape index (κ1) is 15.5. The summed E-state index contributed by atoms with van der Waals surface area (Å²) in [6.45, 7) is 0.793. The van der Waals surface area contributed by atoms with E-state index in [0.29, 0.717) is 18.8 Å². The maximum absolute atomic E-state index is 12.6. The maximum Gasteiger partial charge on any atom is 0.333 e. The number of amides is 2. The fraction of sp³-hybridized carbons (Fsp3) is 0.462. The fourth-order valence-electron chi connectivity index (χ4n) is 2.79. The van der Waals surface area contributed by atoms with Gasteiger partial charge in [-0.1, -0.05) is 0 Å². The molecule has 3 rings (SSSR count). The number of nitrogens with one attached hydrogen (secondary N) is 2. The van der Waals surface area contributed by atoms with Crippen molar-refractivity contribution in [1.29, 1.82) is 0 Å². The second-order valence-electron chi connectivity index (χ2n) is 5.35. The third-order valence-electron chi connectivity index (χ3n) is 3.85. The number of urea groups is 1. The summed E-state index contributed by atoms with van der Waals surface area (Å²) in [6, 6.07) is 5.40. The molecule has 120 valence electrons. The number of sulfonamides is 1. The van der Waals surface area contributed by atoms with Crippen molar-refractivity contribution in [3.8, 4) is 0 Å². The lowest BCUT2D eigenvalue weighted by Crippen LogP contribution is -2.45. The van der Waals surface area contributed by atoms with E-state index in [1.165, 1.54) is 28.6 Å². The van der Waals surface area contributed by atoms with Gasteiger partial charge in [0.05, 0.1) is 17.1 Å². The van der Waals surface area contributed by atoms with Gasteiger partial charge in [0.1, 0.15) is 0 Å². The second-order valence-corrected chi connectivity index (χ2v) is 7.48. The van der Waals surface area contributed by atoms with Crippen LogP contribution in [0.1, 0.15) is 12.8 Å². The van der Waals surface area contributed by atoms with Gasteiger partial charge in [-0.05, 0) is 37.1 Å². The van der Waals surface area contributed by atoms with Crippen LogP contribution in [0.2, 0.25) is 0 Å². The molecule has 2 fully saturated rings. The van der Waals surface area contributed by atoms with Crippen LogP contribution in [0.15, 0.2) is 29.2 Å². The summed E-state index contributed by atoms with van der Waals surface area (Å²) in [5.74, 6) is 0. The predicted molar refractivity (Wildman–Crippen MR) is 81.1 cm³/mol. The molecule has 2 atom stereocenters. The first-order chi connectivity index (χ1) is 10.5. The van der Waals surface area contributed by atoms with E-state index in [1.807, 2.05) is 4.84 Å². The summed E-state index contributed by atoms with van der Waals surface area (Å²) >= 11 is 5.16.